The molecule has 0 spiro atoms. The molecule has 0 aromatic heterocycles. The van der Waals surface area contributed by atoms with E-state index in [4.69, 9.17) is 21.1 Å². The summed E-state index contributed by atoms with van der Waals surface area (Å²) < 4.78 is 10.8. The van der Waals surface area contributed by atoms with Crippen LogP contribution in [0.1, 0.15) is 44.6 Å². The van der Waals surface area contributed by atoms with Gasteiger partial charge in [0.2, 0.25) is 0 Å². The lowest BCUT2D eigenvalue weighted by atomic mass is 10.1. The summed E-state index contributed by atoms with van der Waals surface area (Å²) in [6.07, 6.45) is 5.62. The molecule has 0 fully saturated rings. The molecule has 0 amide bonds. The molecule has 0 atom stereocenters. The van der Waals surface area contributed by atoms with E-state index in [2.05, 4.69) is 6.92 Å². The smallest absolute Gasteiger partial charge is 0.277 e. The molecule has 1 aromatic rings. The van der Waals surface area contributed by atoms with Crippen molar-refractivity contribution in [2.75, 3.05) is 13.7 Å². The van der Waals surface area contributed by atoms with Crippen molar-refractivity contribution in [2.45, 2.75) is 44.9 Å². The molecule has 0 N–H and O–H groups in total. The van der Waals surface area contributed by atoms with E-state index in [1.807, 2.05) is 0 Å². The number of hydrogen-bond donors (Lipinski definition) is 0. The summed E-state index contributed by atoms with van der Waals surface area (Å²) >= 11 is 5.73. The number of halogens is 1. The third kappa shape index (κ3) is 5.42. The van der Waals surface area contributed by atoms with Gasteiger partial charge in [0.15, 0.2) is 11.5 Å². The van der Waals surface area contributed by atoms with Gasteiger partial charge >= 0.3 is 0 Å². The molecule has 0 saturated heterocycles. The van der Waals surface area contributed by atoms with Crippen LogP contribution in [0, 0.1) is 10.1 Å². The van der Waals surface area contributed by atoms with Gasteiger partial charge in [-0.3, -0.25) is 10.1 Å². The Kier molecular flexibility index (Phi) is 7.90. The number of rotatable bonds is 10. The fraction of sp³-hybridized carbons (Fsp3) is 0.600. The number of alkyl halides is 1. The SMILES string of the molecule is CCCCCCCOc1cc([N+](=O)[O-])c(CCl)cc1OC. The Morgan fingerprint density at radius 1 is 1.19 bits per heavy atom. The minimum Gasteiger partial charge on any atom is -0.493 e. The van der Waals surface area contributed by atoms with E-state index in [0.29, 0.717) is 23.7 Å². The Hall–Kier alpha value is -1.49. The maximum Gasteiger partial charge on any atom is 0.277 e. The summed E-state index contributed by atoms with van der Waals surface area (Å²) in [7, 11) is 1.51. The second-order valence-electron chi connectivity index (χ2n) is 4.79. The Labute approximate surface area is 130 Å². The second kappa shape index (κ2) is 9.45. The van der Waals surface area contributed by atoms with Crippen molar-refractivity contribution in [2.24, 2.45) is 0 Å². The molecule has 118 valence electrons. The van der Waals surface area contributed by atoms with Crippen LogP contribution in [0.15, 0.2) is 12.1 Å². The quantitative estimate of drug-likeness (QED) is 0.272. The molecule has 1 rings (SSSR count). The summed E-state index contributed by atoms with van der Waals surface area (Å²) in [5.74, 6) is 0.933. The van der Waals surface area contributed by atoms with E-state index < -0.39 is 4.92 Å². The number of nitrogens with zero attached hydrogens (tertiary/aromatic N) is 1. The highest BCUT2D eigenvalue weighted by molar-refractivity contribution is 6.17. The summed E-state index contributed by atoms with van der Waals surface area (Å²) in [6.45, 7) is 2.69. The van der Waals surface area contributed by atoms with Crippen LogP contribution in [0.3, 0.4) is 0 Å². The predicted octanol–water partition coefficient (Wildman–Crippen LogP) is 4.69. The number of nitro groups is 1. The van der Waals surface area contributed by atoms with Gasteiger partial charge in [0.05, 0.1) is 30.6 Å². The first-order chi connectivity index (χ1) is 10.1. The first-order valence-corrected chi connectivity index (χ1v) is 7.71. The fourth-order valence-corrected chi connectivity index (χ4v) is 2.24. The van der Waals surface area contributed by atoms with Gasteiger partial charge in [0.25, 0.3) is 5.69 Å². The van der Waals surface area contributed by atoms with Gasteiger partial charge in [0.1, 0.15) is 0 Å². The molecular formula is C15H22ClNO4. The van der Waals surface area contributed by atoms with Gasteiger partial charge < -0.3 is 9.47 Å². The number of benzene rings is 1. The molecule has 1 aromatic carbocycles. The predicted molar refractivity (Wildman–Crippen MR) is 83.5 cm³/mol. The lowest BCUT2D eigenvalue weighted by Crippen LogP contribution is -2.02. The normalized spacial score (nSPS) is 10.4. The zero-order valence-corrected chi connectivity index (χ0v) is 13.3. The van der Waals surface area contributed by atoms with Crippen molar-refractivity contribution in [3.05, 3.63) is 27.8 Å². The maximum atomic E-state index is 11.0. The fourth-order valence-electron chi connectivity index (χ4n) is 2.03. The lowest BCUT2D eigenvalue weighted by Gasteiger charge is -2.12. The van der Waals surface area contributed by atoms with Crippen molar-refractivity contribution < 1.29 is 14.4 Å². The first-order valence-electron chi connectivity index (χ1n) is 7.18. The zero-order valence-electron chi connectivity index (χ0n) is 12.6. The van der Waals surface area contributed by atoms with Crippen molar-refractivity contribution in [3.63, 3.8) is 0 Å². The Bertz CT molecular complexity index is 465. The number of nitro benzene ring substituents is 1. The summed E-state index contributed by atoms with van der Waals surface area (Å²) in [5, 5.41) is 11.0. The van der Waals surface area contributed by atoms with Gasteiger partial charge in [-0.2, -0.15) is 0 Å². The largest absolute Gasteiger partial charge is 0.493 e. The second-order valence-corrected chi connectivity index (χ2v) is 5.05. The van der Waals surface area contributed by atoms with Crippen LogP contribution >= 0.6 is 11.6 Å². The van der Waals surface area contributed by atoms with Crippen LogP contribution < -0.4 is 9.47 Å². The van der Waals surface area contributed by atoms with Crippen LogP contribution in [-0.2, 0) is 5.88 Å². The van der Waals surface area contributed by atoms with E-state index >= 15 is 0 Å². The van der Waals surface area contributed by atoms with Gasteiger partial charge in [-0.25, -0.2) is 0 Å². The van der Waals surface area contributed by atoms with Crippen LogP contribution in [-0.4, -0.2) is 18.6 Å². The Balaban J connectivity index is 2.71. The standard InChI is InChI=1S/C15H22ClNO4/c1-3-4-5-6-7-8-21-15-10-13(17(18)19)12(11-16)9-14(15)20-2/h9-10H,3-8,11H2,1-2H3. The highest BCUT2D eigenvalue weighted by Gasteiger charge is 2.19. The van der Waals surface area contributed by atoms with E-state index in [-0.39, 0.29) is 11.6 Å². The first kappa shape index (κ1) is 17.6. The molecular weight excluding hydrogens is 294 g/mol. The monoisotopic (exact) mass is 315 g/mol. The van der Waals surface area contributed by atoms with Gasteiger partial charge in [-0.15, -0.1) is 11.6 Å². The van der Waals surface area contributed by atoms with Gasteiger partial charge in [-0.05, 0) is 12.5 Å². The third-order valence-corrected chi connectivity index (χ3v) is 3.50. The minimum atomic E-state index is -0.453. The molecule has 5 nitrogen and oxygen atoms in total. The maximum absolute atomic E-state index is 11.0. The van der Waals surface area contributed by atoms with Crippen LogP contribution in [0.25, 0.3) is 0 Å². The average Bonchev–Trinajstić information content (AvgIpc) is 2.49. The molecule has 0 saturated carbocycles. The molecule has 0 bridgehead atoms. The highest BCUT2D eigenvalue weighted by atomic mass is 35.5. The topological polar surface area (TPSA) is 61.6 Å². The van der Waals surface area contributed by atoms with Crippen molar-refractivity contribution in [3.8, 4) is 11.5 Å². The van der Waals surface area contributed by atoms with E-state index in [0.717, 1.165) is 12.8 Å². The highest BCUT2D eigenvalue weighted by Crippen LogP contribution is 2.35. The molecule has 0 aliphatic rings. The van der Waals surface area contributed by atoms with E-state index in [1.54, 1.807) is 6.07 Å². The Morgan fingerprint density at radius 2 is 1.90 bits per heavy atom. The molecule has 0 heterocycles. The molecule has 21 heavy (non-hydrogen) atoms. The number of methoxy groups -OCH3 is 1. The van der Waals surface area contributed by atoms with Gasteiger partial charge in [0, 0.05) is 5.56 Å². The summed E-state index contributed by atoms with van der Waals surface area (Å²) in [4.78, 5) is 10.6. The summed E-state index contributed by atoms with van der Waals surface area (Å²) in [5.41, 5.74) is 0.389. The molecule has 0 radical (unpaired) electrons. The number of unbranched alkanes of at least 4 members (excludes halogenated alkanes) is 4. The summed E-state index contributed by atoms with van der Waals surface area (Å²) in [6, 6.07) is 2.96. The van der Waals surface area contributed by atoms with Crippen molar-refractivity contribution in [1.29, 1.82) is 0 Å². The van der Waals surface area contributed by atoms with E-state index in [9.17, 15) is 10.1 Å². The zero-order chi connectivity index (χ0) is 15.7. The third-order valence-electron chi connectivity index (χ3n) is 3.21. The average molecular weight is 316 g/mol. The molecule has 0 aliphatic carbocycles. The van der Waals surface area contributed by atoms with Crippen molar-refractivity contribution in [1.82, 2.24) is 0 Å². The molecule has 0 aliphatic heterocycles. The molecule has 0 unspecified atom stereocenters. The van der Waals surface area contributed by atoms with Crippen LogP contribution in [0.4, 0.5) is 5.69 Å². The molecule has 6 heteroatoms. The van der Waals surface area contributed by atoms with E-state index in [1.165, 1.54) is 32.4 Å². The van der Waals surface area contributed by atoms with Crippen molar-refractivity contribution >= 4 is 17.3 Å². The Morgan fingerprint density at radius 3 is 2.48 bits per heavy atom. The van der Waals surface area contributed by atoms with Crippen LogP contribution in [0.5, 0.6) is 11.5 Å². The number of hydrogen-bond acceptors (Lipinski definition) is 4. The van der Waals surface area contributed by atoms with Crippen LogP contribution in [0.2, 0.25) is 0 Å². The number of ether oxygens (including phenoxy) is 2. The minimum absolute atomic E-state index is 0.0354. The lowest BCUT2D eigenvalue weighted by molar-refractivity contribution is -0.385. The van der Waals surface area contributed by atoms with Gasteiger partial charge in [-0.1, -0.05) is 32.6 Å².